The normalized spacial score (nSPS) is 18.8. The van der Waals surface area contributed by atoms with Crippen LogP contribution in [-0.2, 0) is 11.2 Å². The maximum absolute atomic E-state index is 5.44. The number of hydrogen-bond donors (Lipinski definition) is 0. The second-order valence-electron chi connectivity index (χ2n) is 7.87. The first-order chi connectivity index (χ1) is 14.2. The highest BCUT2D eigenvalue weighted by Gasteiger charge is 2.24. The molecular formula is C22H30BrN5O. The molecule has 0 saturated carbocycles. The number of nitrogens with zero attached hydrogens (tertiary/aromatic N) is 5. The van der Waals surface area contributed by atoms with Gasteiger partial charge in [-0.15, -0.1) is 0 Å². The van der Waals surface area contributed by atoms with Crippen molar-refractivity contribution in [1.82, 2.24) is 14.9 Å². The van der Waals surface area contributed by atoms with Crippen molar-refractivity contribution < 1.29 is 4.74 Å². The Morgan fingerprint density at radius 1 is 1.07 bits per heavy atom. The number of hydrogen-bond acceptors (Lipinski definition) is 6. The van der Waals surface area contributed by atoms with Gasteiger partial charge in [0.1, 0.15) is 5.82 Å². The number of halogens is 1. The standard InChI is InChI=1S/C22H30BrN5O/c1-26(21-6-10-24-22(25-21)28-14-16-29-17-15-28)20-8-12-27(13-9-20)11-7-18-2-4-19(23)5-3-18/h2-6,10,20H,7-9,11-17H2,1H3. The van der Waals surface area contributed by atoms with E-state index in [1.54, 1.807) is 0 Å². The Kier molecular flexibility index (Phi) is 7.00. The summed E-state index contributed by atoms with van der Waals surface area (Å²) in [4.78, 5) is 16.5. The predicted octanol–water partition coefficient (Wildman–Crippen LogP) is 3.22. The number of morpholine rings is 1. The van der Waals surface area contributed by atoms with E-state index in [-0.39, 0.29) is 0 Å². The summed E-state index contributed by atoms with van der Waals surface area (Å²) < 4.78 is 6.59. The number of ether oxygens (including phenoxy) is 1. The highest BCUT2D eigenvalue weighted by atomic mass is 79.9. The molecule has 0 atom stereocenters. The second-order valence-corrected chi connectivity index (χ2v) is 8.79. The van der Waals surface area contributed by atoms with Crippen LogP contribution in [0, 0.1) is 0 Å². The van der Waals surface area contributed by atoms with Crippen molar-refractivity contribution in [3.63, 3.8) is 0 Å². The summed E-state index contributed by atoms with van der Waals surface area (Å²) >= 11 is 3.51. The van der Waals surface area contributed by atoms with Crippen molar-refractivity contribution in [2.45, 2.75) is 25.3 Å². The molecule has 2 fully saturated rings. The molecule has 1 aromatic heterocycles. The molecule has 4 rings (SSSR count). The van der Waals surface area contributed by atoms with Crippen LogP contribution in [0.4, 0.5) is 11.8 Å². The molecule has 6 nitrogen and oxygen atoms in total. The van der Waals surface area contributed by atoms with Gasteiger partial charge in [0.15, 0.2) is 0 Å². The average molecular weight is 460 g/mol. The van der Waals surface area contributed by atoms with Crippen molar-refractivity contribution in [3.05, 3.63) is 46.6 Å². The van der Waals surface area contributed by atoms with Crippen molar-refractivity contribution in [1.29, 1.82) is 0 Å². The van der Waals surface area contributed by atoms with Gasteiger partial charge in [0.25, 0.3) is 0 Å². The monoisotopic (exact) mass is 459 g/mol. The molecule has 0 N–H and O–H groups in total. The largest absolute Gasteiger partial charge is 0.378 e. The fourth-order valence-corrected chi connectivity index (χ4v) is 4.37. The maximum atomic E-state index is 5.44. The molecular weight excluding hydrogens is 430 g/mol. The highest BCUT2D eigenvalue weighted by molar-refractivity contribution is 9.10. The minimum atomic E-state index is 0.534. The Balaban J connectivity index is 1.28. The van der Waals surface area contributed by atoms with Crippen molar-refractivity contribution >= 4 is 27.7 Å². The molecule has 29 heavy (non-hydrogen) atoms. The quantitative estimate of drug-likeness (QED) is 0.660. The Morgan fingerprint density at radius 2 is 1.79 bits per heavy atom. The molecule has 1 aromatic carbocycles. The third-order valence-electron chi connectivity index (χ3n) is 6.02. The first-order valence-corrected chi connectivity index (χ1v) is 11.3. The van der Waals surface area contributed by atoms with E-state index in [0.717, 1.165) is 68.6 Å². The predicted molar refractivity (Wildman–Crippen MR) is 121 cm³/mol. The lowest BCUT2D eigenvalue weighted by Gasteiger charge is -2.37. The van der Waals surface area contributed by atoms with E-state index in [2.05, 4.69) is 66.9 Å². The van der Waals surface area contributed by atoms with E-state index in [1.807, 2.05) is 12.3 Å². The summed E-state index contributed by atoms with van der Waals surface area (Å²) in [6.07, 6.45) is 5.35. The molecule has 2 aromatic rings. The number of benzene rings is 1. The minimum Gasteiger partial charge on any atom is -0.378 e. The van der Waals surface area contributed by atoms with Crippen molar-refractivity contribution in [2.24, 2.45) is 0 Å². The van der Waals surface area contributed by atoms with Crippen LogP contribution < -0.4 is 9.80 Å². The van der Waals surface area contributed by atoms with Gasteiger partial charge in [0.05, 0.1) is 13.2 Å². The molecule has 0 radical (unpaired) electrons. The van der Waals surface area contributed by atoms with E-state index >= 15 is 0 Å². The van der Waals surface area contributed by atoms with Gasteiger partial charge in [-0.2, -0.15) is 4.98 Å². The summed E-state index contributed by atoms with van der Waals surface area (Å²) in [7, 11) is 2.17. The van der Waals surface area contributed by atoms with Crippen LogP contribution in [0.5, 0.6) is 0 Å². The van der Waals surface area contributed by atoms with E-state index in [0.29, 0.717) is 6.04 Å². The SMILES string of the molecule is CN(c1ccnc(N2CCOCC2)n1)C1CCN(CCc2ccc(Br)cc2)CC1. The molecule has 0 amide bonds. The number of rotatable bonds is 6. The lowest BCUT2D eigenvalue weighted by Crippen LogP contribution is -2.44. The third-order valence-corrected chi connectivity index (χ3v) is 6.55. The lowest BCUT2D eigenvalue weighted by molar-refractivity contribution is 0.122. The van der Waals surface area contributed by atoms with Crippen LogP contribution in [0.3, 0.4) is 0 Å². The van der Waals surface area contributed by atoms with E-state index in [9.17, 15) is 0 Å². The summed E-state index contributed by atoms with van der Waals surface area (Å²) in [5.74, 6) is 1.85. The first-order valence-electron chi connectivity index (χ1n) is 10.5. The van der Waals surface area contributed by atoms with Gasteiger partial charge in [0, 0.05) is 56.5 Å². The van der Waals surface area contributed by atoms with Crippen LogP contribution in [0.1, 0.15) is 18.4 Å². The highest BCUT2D eigenvalue weighted by Crippen LogP contribution is 2.22. The fourth-order valence-electron chi connectivity index (χ4n) is 4.11. The zero-order chi connectivity index (χ0) is 20.1. The Bertz CT molecular complexity index is 773. The van der Waals surface area contributed by atoms with Gasteiger partial charge in [-0.3, -0.25) is 0 Å². The number of likely N-dealkylation sites (tertiary alicyclic amines) is 1. The van der Waals surface area contributed by atoms with Crippen LogP contribution in [0.2, 0.25) is 0 Å². The second kappa shape index (κ2) is 9.87. The van der Waals surface area contributed by atoms with Crippen LogP contribution in [0.15, 0.2) is 41.0 Å². The summed E-state index contributed by atoms with van der Waals surface area (Å²) in [6.45, 7) is 6.66. The molecule has 156 valence electrons. The fraction of sp³-hybridized carbons (Fsp3) is 0.545. The molecule has 2 aliphatic rings. The van der Waals surface area contributed by atoms with Gasteiger partial charge < -0.3 is 19.4 Å². The van der Waals surface area contributed by atoms with Crippen molar-refractivity contribution in [2.75, 3.05) is 62.8 Å². The summed E-state index contributed by atoms with van der Waals surface area (Å²) in [5, 5.41) is 0. The molecule has 0 unspecified atom stereocenters. The summed E-state index contributed by atoms with van der Waals surface area (Å²) in [6, 6.07) is 11.3. The van der Waals surface area contributed by atoms with Crippen LogP contribution in [-0.4, -0.2) is 73.9 Å². The van der Waals surface area contributed by atoms with Gasteiger partial charge >= 0.3 is 0 Å². The Morgan fingerprint density at radius 3 is 2.52 bits per heavy atom. The zero-order valence-electron chi connectivity index (χ0n) is 17.1. The number of aromatic nitrogens is 2. The van der Waals surface area contributed by atoms with Gasteiger partial charge in [-0.05, 0) is 43.0 Å². The molecule has 2 saturated heterocycles. The van der Waals surface area contributed by atoms with Crippen molar-refractivity contribution in [3.8, 4) is 0 Å². The molecule has 0 aliphatic carbocycles. The minimum absolute atomic E-state index is 0.534. The molecule has 7 heteroatoms. The van der Waals surface area contributed by atoms with E-state index in [1.165, 1.54) is 18.4 Å². The molecule has 2 aliphatic heterocycles. The van der Waals surface area contributed by atoms with Crippen LogP contribution >= 0.6 is 15.9 Å². The first kappa shape index (κ1) is 20.6. The molecule has 3 heterocycles. The Hall–Kier alpha value is -1.70. The van der Waals surface area contributed by atoms with E-state index < -0.39 is 0 Å². The molecule has 0 bridgehead atoms. The topological polar surface area (TPSA) is 44.7 Å². The van der Waals surface area contributed by atoms with Gasteiger partial charge in [-0.1, -0.05) is 28.1 Å². The Labute approximate surface area is 182 Å². The number of anilines is 2. The zero-order valence-corrected chi connectivity index (χ0v) is 18.7. The lowest BCUT2D eigenvalue weighted by atomic mass is 10.0. The average Bonchev–Trinajstić information content (AvgIpc) is 2.79. The van der Waals surface area contributed by atoms with Crippen LogP contribution in [0.25, 0.3) is 0 Å². The van der Waals surface area contributed by atoms with Gasteiger partial charge in [-0.25, -0.2) is 4.98 Å². The van der Waals surface area contributed by atoms with Gasteiger partial charge in [0.2, 0.25) is 5.95 Å². The maximum Gasteiger partial charge on any atom is 0.227 e. The number of piperidine rings is 1. The third kappa shape index (κ3) is 5.47. The van der Waals surface area contributed by atoms with E-state index in [4.69, 9.17) is 9.72 Å². The summed E-state index contributed by atoms with van der Waals surface area (Å²) in [5.41, 5.74) is 1.41. The smallest absolute Gasteiger partial charge is 0.227 e. The molecule has 0 spiro atoms.